The van der Waals surface area contributed by atoms with Crippen LogP contribution in [0.2, 0.25) is 0 Å². The minimum atomic E-state index is -5.24. The number of aliphatic hydroxyl groups excluding tert-OH is 1. The maximum atomic E-state index is 12.8. The third-order valence-electron chi connectivity index (χ3n) is 6.37. The molecule has 0 amide bonds. The van der Waals surface area contributed by atoms with Crippen LogP contribution in [0.3, 0.4) is 0 Å². The van der Waals surface area contributed by atoms with E-state index < -0.39 is 88.2 Å². The average Bonchev–Trinajstić information content (AvgIpc) is 3.43. The van der Waals surface area contributed by atoms with Crippen molar-refractivity contribution < 1.29 is 81.5 Å². The van der Waals surface area contributed by atoms with Crippen LogP contribution in [0, 0.1) is 13.8 Å². The van der Waals surface area contributed by atoms with Gasteiger partial charge in [-0.1, -0.05) is 0 Å². The van der Waals surface area contributed by atoms with E-state index >= 15 is 0 Å². The van der Waals surface area contributed by atoms with Crippen LogP contribution in [0.1, 0.15) is 36.4 Å². The van der Waals surface area contributed by atoms with Gasteiger partial charge in [-0.25, -0.2) is 14.2 Å². The molecule has 0 aliphatic carbocycles. The van der Waals surface area contributed by atoms with E-state index in [4.69, 9.17) is 23.4 Å². The molecule has 2 aromatic rings. The van der Waals surface area contributed by atoms with E-state index in [1.54, 1.807) is 0 Å². The van der Waals surface area contributed by atoms with Gasteiger partial charge in [0.25, 0.3) is 18.9 Å². The van der Waals surface area contributed by atoms with Crippen LogP contribution in [0.15, 0.2) is 31.6 Å². The Morgan fingerprint density at radius 1 is 0.905 bits per heavy atom. The van der Waals surface area contributed by atoms with Gasteiger partial charge in [-0.2, -0.15) is 0 Å². The summed E-state index contributed by atoms with van der Waals surface area (Å²) in [5.41, 5.74) is -2.58. The zero-order valence-corrected chi connectivity index (χ0v) is 26.3. The van der Waals surface area contributed by atoms with Gasteiger partial charge in [0.05, 0.1) is 19.3 Å². The number of aromatic nitrogens is 4. The van der Waals surface area contributed by atoms with Crippen LogP contribution in [-0.4, -0.2) is 71.6 Å². The van der Waals surface area contributed by atoms with E-state index in [1.807, 2.05) is 0 Å². The van der Waals surface area contributed by atoms with Crippen molar-refractivity contribution in [3.8, 4) is 0 Å². The van der Waals surface area contributed by atoms with Gasteiger partial charge in [0.15, 0.2) is 0 Å². The fourth-order valence-electron chi connectivity index (χ4n) is 4.30. The number of ether oxygens (including phenoxy) is 2. The zero-order valence-electron chi connectivity index (χ0n) is 22.5. The van der Waals surface area contributed by atoms with Crippen LogP contribution in [0.4, 0.5) is 0 Å². The molecule has 5 N–H and O–H groups in total. The molecule has 2 aliphatic heterocycles. The number of aromatic amines is 2. The molecule has 4 heterocycles. The Bertz CT molecular complexity index is 1620. The van der Waals surface area contributed by atoms with Crippen molar-refractivity contribution in [2.24, 2.45) is 0 Å². The molecule has 2 saturated heterocycles. The molecule has 0 aromatic carbocycles. The number of aryl methyl sites for hydroxylation is 2. The Morgan fingerprint density at radius 3 is 1.90 bits per heavy atom. The van der Waals surface area contributed by atoms with Crippen molar-refractivity contribution in [3.63, 3.8) is 0 Å². The summed E-state index contributed by atoms with van der Waals surface area (Å²) < 4.78 is 51.5. The van der Waals surface area contributed by atoms with Crippen molar-refractivity contribution in [1.82, 2.24) is 19.1 Å². The first-order valence-electron chi connectivity index (χ1n) is 12.0. The van der Waals surface area contributed by atoms with E-state index in [0.717, 1.165) is 15.3 Å². The van der Waals surface area contributed by atoms with Crippen molar-refractivity contribution >= 4 is 15.6 Å². The molecular weight excluding hydrogens is 621 g/mol. The third-order valence-corrected chi connectivity index (χ3v) is 7.86. The van der Waals surface area contributed by atoms with Crippen LogP contribution in [0.5, 0.6) is 0 Å². The Kier molecular flexibility index (Phi) is 11.3. The Balaban J connectivity index is 0.00000484. The van der Waals surface area contributed by atoms with Gasteiger partial charge in [0, 0.05) is 36.4 Å². The summed E-state index contributed by atoms with van der Waals surface area (Å²) >= 11 is 0. The SMILES string of the molecule is Cc1cn(C2CC(O)C(COP(=O)(O)OC3CC(n4cc(C)c(=O)[nH]c4=O)OC3COP(=O)([O-])O)O2)c(=O)[nH]c1=O.[Na+]. The summed E-state index contributed by atoms with van der Waals surface area (Å²) in [5.74, 6) is 0. The zero-order chi connectivity index (χ0) is 30.3. The van der Waals surface area contributed by atoms with Crippen molar-refractivity contribution in [3.05, 3.63) is 65.2 Å². The predicted octanol–water partition coefficient (Wildman–Crippen LogP) is -5.38. The topological polar surface area (TPSA) is 274 Å². The molecule has 22 heteroatoms. The molecule has 228 valence electrons. The molecule has 2 fully saturated rings. The predicted molar refractivity (Wildman–Crippen MR) is 132 cm³/mol. The van der Waals surface area contributed by atoms with Gasteiger partial charge < -0.3 is 33.8 Å². The van der Waals surface area contributed by atoms with Gasteiger partial charge in [0.2, 0.25) is 0 Å². The molecule has 8 atom stereocenters. The Hall–Kier alpha value is -1.54. The van der Waals surface area contributed by atoms with Gasteiger partial charge in [0.1, 0.15) is 30.8 Å². The maximum absolute atomic E-state index is 12.8. The molecule has 19 nitrogen and oxygen atoms in total. The van der Waals surface area contributed by atoms with Crippen LogP contribution in [0.25, 0.3) is 0 Å². The van der Waals surface area contributed by atoms with Gasteiger partial charge in [-0.05, 0) is 13.8 Å². The van der Waals surface area contributed by atoms with E-state index in [1.165, 1.54) is 20.0 Å². The summed E-state index contributed by atoms with van der Waals surface area (Å²) in [5, 5.41) is 10.4. The summed E-state index contributed by atoms with van der Waals surface area (Å²) in [4.78, 5) is 82.3. The number of nitrogens with zero attached hydrogens (tertiary/aromatic N) is 2. The molecule has 0 spiro atoms. The molecule has 42 heavy (non-hydrogen) atoms. The quantitative estimate of drug-likeness (QED) is 0.119. The van der Waals surface area contributed by atoms with E-state index in [0.29, 0.717) is 0 Å². The maximum Gasteiger partial charge on any atom is 1.00 e. The number of rotatable bonds is 10. The number of hydrogen-bond acceptors (Lipinski definition) is 13. The molecule has 0 saturated carbocycles. The summed E-state index contributed by atoms with van der Waals surface area (Å²) in [6.45, 7) is 1.31. The second-order valence-corrected chi connectivity index (χ2v) is 12.0. The van der Waals surface area contributed by atoms with Crippen molar-refractivity contribution in [1.29, 1.82) is 0 Å². The molecule has 2 aliphatic rings. The molecule has 0 bridgehead atoms. The monoisotopic (exact) mass is 648 g/mol. The minimum absolute atomic E-state index is 0. The number of hydrogen-bond donors (Lipinski definition) is 5. The van der Waals surface area contributed by atoms with Gasteiger partial charge in [-0.3, -0.25) is 42.3 Å². The van der Waals surface area contributed by atoms with Gasteiger partial charge in [-0.15, -0.1) is 0 Å². The number of H-pyrrole nitrogens is 2. The van der Waals surface area contributed by atoms with E-state index in [2.05, 4.69) is 14.5 Å². The van der Waals surface area contributed by atoms with Crippen molar-refractivity contribution in [2.75, 3.05) is 13.2 Å². The number of phosphoric acid groups is 2. The Labute approximate surface area is 257 Å². The largest absolute Gasteiger partial charge is 1.00 e. The summed E-state index contributed by atoms with van der Waals surface area (Å²) in [6.07, 6.45) is -5.54. The fourth-order valence-corrected chi connectivity index (χ4v) is 5.60. The van der Waals surface area contributed by atoms with Crippen LogP contribution >= 0.6 is 15.6 Å². The molecular formula is C20H27N4NaO15P2. The first-order valence-corrected chi connectivity index (χ1v) is 15.0. The van der Waals surface area contributed by atoms with Crippen LogP contribution < -0.4 is 56.9 Å². The number of nitrogens with one attached hydrogen (secondary N) is 2. The molecule has 8 unspecified atom stereocenters. The van der Waals surface area contributed by atoms with Gasteiger partial charge >= 0.3 is 48.8 Å². The Morgan fingerprint density at radius 2 is 1.38 bits per heavy atom. The summed E-state index contributed by atoms with van der Waals surface area (Å²) in [6, 6.07) is 0. The second-order valence-electron chi connectivity index (χ2n) is 9.43. The smallest absolute Gasteiger partial charge is 0.756 e. The molecule has 0 radical (unpaired) electrons. The minimum Gasteiger partial charge on any atom is -0.756 e. The number of phosphoric ester groups is 2. The molecule has 4 rings (SSSR count). The van der Waals surface area contributed by atoms with Crippen molar-refractivity contribution in [2.45, 2.75) is 63.6 Å². The fraction of sp³-hybridized carbons (Fsp3) is 0.600. The average molecular weight is 648 g/mol. The number of aliphatic hydroxyl groups is 1. The second kappa shape index (κ2) is 13.6. The normalized spacial score (nSPS) is 28.6. The first-order chi connectivity index (χ1) is 19.0. The van der Waals surface area contributed by atoms with E-state index in [-0.39, 0.29) is 53.5 Å². The summed E-state index contributed by atoms with van der Waals surface area (Å²) in [7, 11) is -10.2. The first kappa shape index (κ1) is 34.9. The third kappa shape index (κ3) is 8.55. The van der Waals surface area contributed by atoms with Crippen LogP contribution in [-0.2, 0) is 32.2 Å². The standard InChI is InChI=1S/C20H28N4O15P2.Na/c1-9-5-23(19(28)21-17(9)26)15-3-11(25)13(37-15)7-36-41(33,34)39-12-4-16(38-14(12)8-35-40(30,31)32)24-6-10(2)18(27)22-20(24)29;/h5-6,11-16,25H,3-4,7-8H2,1-2H3,(H,33,34)(H,21,26,28)(H,22,27,29)(H2,30,31,32);/q;+1/p-1. The van der Waals surface area contributed by atoms with E-state index in [9.17, 15) is 43.2 Å². The molecule has 2 aromatic heterocycles.